The first-order chi connectivity index (χ1) is 11.6. The monoisotopic (exact) mass is 360 g/mol. The third-order valence-corrected chi connectivity index (χ3v) is 4.59. The van der Waals surface area contributed by atoms with Crippen LogP contribution in [0.4, 0.5) is 5.69 Å². The molecule has 1 heterocycles. The van der Waals surface area contributed by atoms with Gasteiger partial charge in [-0.25, -0.2) is 0 Å². The number of rotatable bonds is 4. The van der Waals surface area contributed by atoms with Gasteiger partial charge >= 0.3 is 0 Å². The number of halogens is 2. The summed E-state index contributed by atoms with van der Waals surface area (Å²) in [7, 11) is 0. The molecule has 1 amide bonds. The quantitative estimate of drug-likeness (QED) is 0.800. The topological polar surface area (TPSA) is 32.3 Å². The highest BCUT2D eigenvalue weighted by Crippen LogP contribution is 2.22. The molecule has 3 nitrogen and oxygen atoms in total. The van der Waals surface area contributed by atoms with Crippen molar-refractivity contribution in [2.24, 2.45) is 0 Å². The fraction of sp³-hybridized carbons (Fsp3) is 0.211. The molecule has 2 aromatic carbocycles. The minimum absolute atomic E-state index is 0.0107. The van der Waals surface area contributed by atoms with Crippen LogP contribution in [0.1, 0.15) is 12.0 Å². The van der Waals surface area contributed by atoms with E-state index in [-0.39, 0.29) is 11.9 Å². The summed E-state index contributed by atoms with van der Waals surface area (Å²) in [4.78, 5) is 14.2. The standard InChI is InChI=1S/C19H18Cl2N2O/c20-15-7-8-18(21)14(12-15)6-9-19(24)23-11-10-17(13-23)22-16-4-2-1-3-5-16/h1-9,12,17,22H,10-11,13H2/b9-6+. The minimum Gasteiger partial charge on any atom is -0.380 e. The molecule has 0 saturated carbocycles. The number of amides is 1. The van der Waals surface area contributed by atoms with Crippen molar-refractivity contribution in [3.63, 3.8) is 0 Å². The lowest BCUT2D eigenvalue weighted by molar-refractivity contribution is -0.124. The zero-order valence-corrected chi connectivity index (χ0v) is 14.6. The lowest BCUT2D eigenvalue weighted by Crippen LogP contribution is -2.30. The molecule has 1 unspecified atom stereocenters. The molecule has 0 radical (unpaired) electrons. The molecule has 0 aromatic heterocycles. The molecule has 0 spiro atoms. The average Bonchev–Trinajstić information content (AvgIpc) is 3.05. The molecule has 0 bridgehead atoms. The summed E-state index contributed by atoms with van der Waals surface area (Å²) in [6.45, 7) is 1.44. The van der Waals surface area contributed by atoms with Gasteiger partial charge in [0.05, 0.1) is 0 Å². The van der Waals surface area contributed by atoms with Gasteiger partial charge in [0.1, 0.15) is 0 Å². The van der Waals surface area contributed by atoms with E-state index >= 15 is 0 Å². The smallest absolute Gasteiger partial charge is 0.246 e. The zero-order chi connectivity index (χ0) is 16.9. The molecule has 1 aliphatic heterocycles. The van der Waals surface area contributed by atoms with E-state index < -0.39 is 0 Å². The van der Waals surface area contributed by atoms with Gasteiger partial charge in [-0.1, -0.05) is 41.4 Å². The number of hydrogen-bond donors (Lipinski definition) is 1. The molecule has 3 rings (SSSR count). The number of carbonyl (C=O) groups is 1. The Bertz CT molecular complexity index is 746. The Kier molecular flexibility index (Phi) is 5.44. The van der Waals surface area contributed by atoms with Crippen molar-refractivity contribution in [2.45, 2.75) is 12.5 Å². The van der Waals surface area contributed by atoms with Gasteiger partial charge in [-0.05, 0) is 48.4 Å². The zero-order valence-electron chi connectivity index (χ0n) is 13.1. The number of nitrogens with zero attached hydrogens (tertiary/aromatic N) is 1. The minimum atomic E-state index is -0.0107. The highest BCUT2D eigenvalue weighted by molar-refractivity contribution is 6.34. The summed E-state index contributed by atoms with van der Waals surface area (Å²) < 4.78 is 0. The first kappa shape index (κ1) is 16.9. The van der Waals surface area contributed by atoms with Gasteiger partial charge in [0.25, 0.3) is 0 Å². The fourth-order valence-electron chi connectivity index (χ4n) is 2.76. The number of para-hydroxylation sites is 1. The number of nitrogens with one attached hydrogen (secondary N) is 1. The van der Waals surface area contributed by atoms with Crippen LogP contribution in [-0.2, 0) is 4.79 Å². The molecule has 0 aliphatic carbocycles. The molecule has 124 valence electrons. The Balaban J connectivity index is 1.58. The van der Waals surface area contributed by atoms with Crippen molar-refractivity contribution < 1.29 is 4.79 Å². The maximum Gasteiger partial charge on any atom is 0.246 e. The van der Waals surface area contributed by atoms with E-state index in [1.54, 1.807) is 30.4 Å². The Morgan fingerprint density at radius 1 is 1.17 bits per heavy atom. The average molecular weight is 361 g/mol. The first-order valence-corrected chi connectivity index (χ1v) is 8.61. The Labute approximate surface area is 151 Å². The van der Waals surface area contributed by atoms with Crippen LogP contribution in [-0.4, -0.2) is 29.9 Å². The predicted molar refractivity (Wildman–Crippen MR) is 101 cm³/mol. The predicted octanol–water partition coefficient (Wildman–Crippen LogP) is 4.72. The van der Waals surface area contributed by atoms with E-state index in [1.807, 2.05) is 35.2 Å². The second-order valence-electron chi connectivity index (χ2n) is 5.78. The summed E-state index contributed by atoms with van der Waals surface area (Å²) in [6, 6.07) is 15.5. The number of carbonyl (C=O) groups excluding carboxylic acids is 1. The second kappa shape index (κ2) is 7.73. The van der Waals surface area contributed by atoms with Crippen LogP contribution in [0.15, 0.2) is 54.6 Å². The highest BCUT2D eigenvalue weighted by Gasteiger charge is 2.24. The van der Waals surface area contributed by atoms with Crippen LogP contribution in [0.3, 0.4) is 0 Å². The molecule has 24 heavy (non-hydrogen) atoms. The van der Waals surface area contributed by atoms with E-state index in [1.165, 1.54) is 0 Å². The van der Waals surface area contributed by atoms with Crippen LogP contribution < -0.4 is 5.32 Å². The van der Waals surface area contributed by atoms with E-state index in [9.17, 15) is 4.79 Å². The van der Waals surface area contributed by atoms with Gasteiger partial charge in [-0.15, -0.1) is 0 Å². The maximum atomic E-state index is 12.3. The third-order valence-electron chi connectivity index (χ3n) is 4.01. The van der Waals surface area contributed by atoms with Gasteiger partial charge in [0.15, 0.2) is 0 Å². The van der Waals surface area contributed by atoms with Gasteiger partial charge < -0.3 is 10.2 Å². The number of hydrogen-bond acceptors (Lipinski definition) is 2. The Morgan fingerprint density at radius 2 is 1.96 bits per heavy atom. The van der Waals surface area contributed by atoms with Gasteiger partial charge in [0, 0.05) is 40.9 Å². The molecule has 2 aromatic rings. The molecule has 1 N–H and O–H groups in total. The summed E-state index contributed by atoms with van der Waals surface area (Å²) in [5, 5.41) is 4.63. The summed E-state index contributed by atoms with van der Waals surface area (Å²) in [5.41, 5.74) is 1.83. The first-order valence-electron chi connectivity index (χ1n) is 7.85. The van der Waals surface area contributed by atoms with Crippen LogP contribution in [0.2, 0.25) is 10.0 Å². The van der Waals surface area contributed by atoms with E-state index in [0.717, 1.165) is 24.2 Å². The highest BCUT2D eigenvalue weighted by atomic mass is 35.5. The molecule has 1 aliphatic rings. The maximum absolute atomic E-state index is 12.3. The molecule has 1 atom stereocenters. The second-order valence-corrected chi connectivity index (χ2v) is 6.62. The fourth-order valence-corrected chi connectivity index (χ4v) is 3.12. The number of anilines is 1. The Hall–Kier alpha value is -1.97. The normalized spacial score (nSPS) is 17.4. The third kappa shape index (κ3) is 4.31. The van der Waals surface area contributed by atoms with E-state index in [2.05, 4.69) is 5.32 Å². The largest absolute Gasteiger partial charge is 0.380 e. The molecular weight excluding hydrogens is 343 g/mol. The molecular formula is C19H18Cl2N2O. The van der Waals surface area contributed by atoms with E-state index in [4.69, 9.17) is 23.2 Å². The van der Waals surface area contributed by atoms with Crippen molar-refractivity contribution in [1.82, 2.24) is 4.90 Å². The van der Waals surface area contributed by atoms with Crippen LogP contribution in [0, 0.1) is 0 Å². The van der Waals surface area contributed by atoms with Gasteiger partial charge in [0.2, 0.25) is 5.91 Å². The van der Waals surface area contributed by atoms with Gasteiger partial charge in [-0.3, -0.25) is 4.79 Å². The van der Waals surface area contributed by atoms with Crippen molar-refractivity contribution in [1.29, 1.82) is 0 Å². The lowest BCUT2D eigenvalue weighted by Gasteiger charge is -2.16. The van der Waals surface area contributed by atoms with Crippen molar-refractivity contribution >= 4 is 40.9 Å². The Morgan fingerprint density at radius 3 is 2.75 bits per heavy atom. The molecule has 5 heteroatoms. The van der Waals surface area contributed by atoms with Crippen LogP contribution >= 0.6 is 23.2 Å². The summed E-state index contributed by atoms with van der Waals surface area (Å²) in [5.74, 6) is -0.0107. The summed E-state index contributed by atoms with van der Waals surface area (Å²) >= 11 is 12.1. The number of likely N-dealkylation sites (tertiary alicyclic amines) is 1. The van der Waals surface area contributed by atoms with Crippen LogP contribution in [0.5, 0.6) is 0 Å². The molecule has 1 fully saturated rings. The van der Waals surface area contributed by atoms with Crippen molar-refractivity contribution in [2.75, 3.05) is 18.4 Å². The van der Waals surface area contributed by atoms with Crippen LogP contribution in [0.25, 0.3) is 6.08 Å². The SMILES string of the molecule is O=C(/C=C/c1cc(Cl)ccc1Cl)N1CCC(Nc2ccccc2)C1. The molecule has 1 saturated heterocycles. The van der Waals surface area contributed by atoms with Crippen molar-refractivity contribution in [3.8, 4) is 0 Å². The lowest BCUT2D eigenvalue weighted by atomic mass is 10.2. The van der Waals surface area contributed by atoms with Gasteiger partial charge in [-0.2, -0.15) is 0 Å². The van der Waals surface area contributed by atoms with E-state index in [0.29, 0.717) is 16.6 Å². The number of benzene rings is 2. The summed E-state index contributed by atoms with van der Waals surface area (Å²) in [6.07, 6.45) is 4.21. The van der Waals surface area contributed by atoms with Crippen molar-refractivity contribution in [3.05, 3.63) is 70.2 Å².